The largest absolute Gasteiger partial charge is 0.464 e. The fourth-order valence-electron chi connectivity index (χ4n) is 10.5. The molecule has 7 unspecified atom stereocenters. The smallest absolute Gasteiger partial charge is 0.434 e. The molecule has 0 amide bonds. The number of rotatable bonds is 21. The highest BCUT2D eigenvalue weighted by Gasteiger charge is 2.76. The van der Waals surface area contributed by atoms with Gasteiger partial charge in [0.25, 0.3) is 6.10 Å². The van der Waals surface area contributed by atoms with E-state index in [1.165, 1.54) is 86.5 Å². The quantitative estimate of drug-likeness (QED) is 0.0341. The van der Waals surface area contributed by atoms with Crippen LogP contribution in [-0.2, 0) is 85.8 Å². The molecule has 91 heavy (non-hydrogen) atoms. The summed E-state index contributed by atoms with van der Waals surface area (Å²) in [7, 11) is 0.837. The van der Waals surface area contributed by atoms with Crippen LogP contribution in [-0.4, -0.2) is 133 Å². The molecule has 1 saturated heterocycles. The third-order valence-electron chi connectivity index (χ3n) is 15.8. The Bertz CT molecular complexity index is 2620. The second kappa shape index (κ2) is 34.8. The molecule has 518 valence electrons. The molecule has 1 aliphatic heterocycles. The highest BCUT2D eigenvalue weighted by Crippen LogP contribution is 2.63. The number of hydrogen-bond acceptors (Lipinski definition) is 18. The molecule has 0 N–H and O–H groups in total. The van der Waals surface area contributed by atoms with Gasteiger partial charge >= 0.3 is 77.9 Å². The summed E-state index contributed by atoms with van der Waals surface area (Å²) in [5.74, 6) is -18.8. The first-order valence-corrected chi connectivity index (χ1v) is 29.7. The van der Waals surface area contributed by atoms with Crippen LogP contribution in [0.3, 0.4) is 0 Å². The van der Waals surface area contributed by atoms with Gasteiger partial charge in [-0.2, -0.15) is 43.9 Å². The maximum atomic E-state index is 13.5. The highest BCUT2D eigenvalue weighted by atomic mass is 19.4. The molecule has 18 nitrogen and oxygen atoms in total. The van der Waals surface area contributed by atoms with Gasteiger partial charge in [-0.1, -0.05) is 86.8 Å². The number of fused-ring (bicyclic) bond motifs is 1. The molecule has 2 bridgehead atoms. The second-order valence-corrected chi connectivity index (χ2v) is 23.4. The number of carbonyl (C=O) groups excluding carboxylic acids is 9. The molecule has 0 radical (unpaired) electrons. The fraction of sp³-hybridized carbons (Fsp3) is 0.698. The summed E-state index contributed by atoms with van der Waals surface area (Å²) in [6.07, 6.45) is -9.20. The molecule has 5 fully saturated rings. The van der Waals surface area contributed by atoms with Gasteiger partial charge in [0, 0.05) is 39.7 Å². The van der Waals surface area contributed by atoms with E-state index in [0.29, 0.717) is 17.1 Å². The van der Waals surface area contributed by atoms with E-state index >= 15 is 0 Å². The van der Waals surface area contributed by atoms with Crippen molar-refractivity contribution in [1.82, 2.24) is 0 Å². The average Bonchev–Trinajstić information content (AvgIpc) is 1.53. The van der Waals surface area contributed by atoms with Crippen LogP contribution in [0.25, 0.3) is 0 Å². The maximum absolute atomic E-state index is 13.5. The molecular weight excluding hydrogens is 1230 g/mol. The predicted molar refractivity (Wildman–Crippen MR) is 307 cm³/mol. The molecular formula is C63H88F10O18. The van der Waals surface area contributed by atoms with E-state index in [9.17, 15) is 87.1 Å². The standard InChI is InChI=1S/C16H14F6O6.C14H24O2.C12H20O2.C11H16F2O4.C10H14F2O4/c1-5(2)10(23)26-8-6-3-7-9(8)27-12(24)14(7,4-6)13(25)28-11(15(17,18)19)16(20,21)22;1-4-14(16-13(15)12(2)3)10-8-6-5-7-9-11-14;1-9(2)11(13)14-12(10(3)4)7-5-6-8-12;1-5-8(17-9(14)7(3)4)11(12,13)10(15)16-6-2;1-5-7(16-8(13)6(2)3)10(11,12)9(14)15-4/h6-9,11H,1,3-4H2,2H3;2,4-11H2,1,3H3;10H,1,5-8H2,2-4H3;8H,3,5-6H2,1-2,4H3;7H,2,5H2,1,3-4H3. The third-order valence-corrected chi connectivity index (χ3v) is 15.8. The van der Waals surface area contributed by atoms with Gasteiger partial charge < -0.3 is 42.6 Å². The van der Waals surface area contributed by atoms with E-state index < -0.39 is 120 Å². The summed E-state index contributed by atoms with van der Waals surface area (Å²) >= 11 is 0. The lowest BCUT2D eigenvalue weighted by atomic mass is 9.73. The minimum atomic E-state index is -5.90. The maximum Gasteiger partial charge on any atom is 0.434 e. The van der Waals surface area contributed by atoms with Crippen molar-refractivity contribution in [3.63, 3.8) is 0 Å². The molecule has 4 aliphatic carbocycles. The number of methoxy groups -OCH3 is 1. The van der Waals surface area contributed by atoms with Crippen LogP contribution < -0.4 is 0 Å². The van der Waals surface area contributed by atoms with Gasteiger partial charge in [-0.05, 0) is 131 Å². The van der Waals surface area contributed by atoms with Crippen molar-refractivity contribution in [2.75, 3.05) is 13.7 Å². The van der Waals surface area contributed by atoms with E-state index in [4.69, 9.17) is 18.9 Å². The van der Waals surface area contributed by atoms with Crippen LogP contribution in [0.5, 0.6) is 0 Å². The predicted octanol–water partition coefficient (Wildman–Crippen LogP) is 13.3. The van der Waals surface area contributed by atoms with E-state index in [2.05, 4.69) is 77.4 Å². The second-order valence-electron chi connectivity index (χ2n) is 23.4. The summed E-state index contributed by atoms with van der Waals surface area (Å²) in [4.78, 5) is 103. The van der Waals surface area contributed by atoms with Crippen LogP contribution in [0.2, 0.25) is 0 Å². The van der Waals surface area contributed by atoms with Crippen LogP contribution in [0.4, 0.5) is 43.9 Å². The number of carbonyl (C=O) groups is 9. The van der Waals surface area contributed by atoms with Crippen LogP contribution in [0, 0.1) is 23.2 Å². The Morgan fingerprint density at radius 3 is 1.35 bits per heavy atom. The van der Waals surface area contributed by atoms with E-state index in [-0.39, 0.29) is 65.7 Å². The average molecular weight is 1320 g/mol. The zero-order valence-electron chi connectivity index (χ0n) is 53.8. The van der Waals surface area contributed by atoms with Crippen molar-refractivity contribution < 1.29 is 130 Å². The van der Waals surface area contributed by atoms with Crippen molar-refractivity contribution in [2.45, 2.75) is 245 Å². The minimum Gasteiger partial charge on any atom is -0.464 e. The Morgan fingerprint density at radius 1 is 0.571 bits per heavy atom. The minimum absolute atomic E-state index is 0.0110. The molecule has 0 aromatic rings. The van der Waals surface area contributed by atoms with Crippen molar-refractivity contribution in [1.29, 1.82) is 0 Å². The Hall–Kier alpha value is -6.77. The van der Waals surface area contributed by atoms with E-state index in [1.54, 1.807) is 13.8 Å². The Labute approximate surface area is 524 Å². The van der Waals surface area contributed by atoms with Crippen molar-refractivity contribution in [3.8, 4) is 0 Å². The summed E-state index contributed by atoms with van der Waals surface area (Å²) in [6, 6.07) is 0. The Balaban J connectivity index is 0.000000586. The first-order valence-electron chi connectivity index (χ1n) is 29.7. The molecule has 0 spiro atoms. The lowest BCUT2D eigenvalue weighted by molar-refractivity contribution is -0.315. The third kappa shape index (κ3) is 22.2. The highest BCUT2D eigenvalue weighted by molar-refractivity contribution is 6.03. The van der Waals surface area contributed by atoms with Crippen LogP contribution >= 0.6 is 0 Å². The lowest BCUT2D eigenvalue weighted by Crippen LogP contribution is -2.51. The van der Waals surface area contributed by atoms with Gasteiger partial charge in [-0.25, -0.2) is 33.6 Å². The summed E-state index contributed by atoms with van der Waals surface area (Å²) in [5.41, 5.74) is -1.66. The van der Waals surface area contributed by atoms with Gasteiger partial charge in [-0.3, -0.25) is 9.59 Å². The number of ether oxygens (including phenoxy) is 9. The summed E-state index contributed by atoms with van der Waals surface area (Å²) in [6.45, 7) is 35.0. The molecule has 4 saturated carbocycles. The first-order chi connectivity index (χ1) is 41.8. The van der Waals surface area contributed by atoms with Crippen LogP contribution in [0.1, 0.15) is 179 Å². The van der Waals surface area contributed by atoms with E-state index in [1.807, 2.05) is 0 Å². The topological polar surface area (TPSA) is 237 Å². The lowest BCUT2D eigenvalue weighted by Gasteiger charge is -2.34. The summed E-state index contributed by atoms with van der Waals surface area (Å²) < 4.78 is 172. The van der Waals surface area contributed by atoms with Gasteiger partial charge in [-0.15, -0.1) is 0 Å². The van der Waals surface area contributed by atoms with Crippen molar-refractivity contribution in [2.24, 2.45) is 23.2 Å². The zero-order valence-corrected chi connectivity index (χ0v) is 53.8. The molecule has 0 aromatic carbocycles. The Kier molecular flexibility index (Phi) is 31.4. The number of halogens is 10. The molecule has 7 atom stereocenters. The van der Waals surface area contributed by atoms with E-state index in [0.717, 1.165) is 39.2 Å². The SMILES string of the molecule is C=C(C)C(=O)OC(CC)C(F)(F)C(=O)OC.C=C(C)C(=O)OC(CC)C(F)(F)C(=O)OCC.C=C(C)C(=O)OC1(C(C)C)CCCC1.C=C(C)C(=O)OC1(CC)CCCCCCC1.C=C(C)C(=O)OC1C2CC3C1OC(=O)C3(C(=O)OC(C(F)(F)F)C(F)(F)F)C2. The fourth-order valence-corrected chi connectivity index (χ4v) is 10.5. The number of alkyl halides is 10. The van der Waals surface area contributed by atoms with Gasteiger partial charge in [0.05, 0.1) is 13.7 Å². The molecule has 5 rings (SSSR count). The van der Waals surface area contributed by atoms with Crippen molar-refractivity contribution in [3.05, 3.63) is 60.8 Å². The van der Waals surface area contributed by atoms with Crippen molar-refractivity contribution >= 4 is 53.7 Å². The van der Waals surface area contributed by atoms with Gasteiger partial charge in [0.1, 0.15) is 23.4 Å². The molecule has 5 aliphatic rings. The number of esters is 9. The monoisotopic (exact) mass is 1320 g/mol. The summed E-state index contributed by atoms with van der Waals surface area (Å²) in [5, 5.41) is 0. The number of hydrogen-bond donors (Lipinski definition) is 0. The van der Waals surface area contributed by atoms with Gasteiger partial charge in [0.2, 0.25) is 0 Å². The zero-order chi connectivity index (χ0) is 70.6. The molecule has 0 aromatic heterocycles. The molecule has 28 heteroatoms. The normalized spacial score (nSPS) is 21.7. The first kappa shape index (κ1) is 82.2. The molecule has 1 heterocycles. The van der Waals surface area contributed by atoms with Gasteiger partial charge in [0.15, 0.2) is 17.6 Å². The van der Waals surface area contributed by atoms with Crippen LogP contribution in [0.15, 0.2) is 60.8 Å². The Morgan fingerprint density at radius 2 is 0.978 bits per heavy atom.